The van der Waals surface area contributed by atoms with Crippen LogP contribution < -0.4 is 5.32 Å². The minimum absolute atomic E-state index is 0.0602. The van der Waals surface area contributed by atoms with E-state index < -0.39 is 47.8 Å². The molecule has 0 radical (unpaired) electrons. The number of methoxy groups -OCH3 is 1. The summed E-state index contributed by atoms with van der Waals surface area (Å²) < 4.78 is 81.5. The summed E-state index contributed by atoms with van der Waals surface area (Å²) >= 11 is 0. The smallest absolute Gasteiger partial charge is 0.416 e. The van der Waals surface area contributed by atoms with Gasteiger partial charge in [-0.2, -0.15) is 26.3 Å². The Bertz CT molecular complexity index is 908. The fourth-order valence-electron chi connectivity index (χ4n) is 2.73. The van der Waals surface area contributed by atoms with Crippen LogP contribution >= 0.6 is 0 Å². The van der Waals surface area contributed by atoms with Gasteiger partial charge in [-0.3, -0.25) is 4.79 Å². The zero-order valence-electron chi connectivity index (χ0n) is 15.6. The van der Waals surface area contributed by atoms with Crippen molar-refractivity contribution in [1.82, 2.24) is 5.32 Å². The van der Waals surface area contributed by atoms with Crippen LogP contribution in [0, 0.1) is 0 Å². The molecule has 0 spiro atoms. The molecule has 0 aliphatic rings. The number of hydrogen-bond donors (Lipinski definition) is 1. The van der Waals surface area contributed by atoms with Crippen LogP contribution in [0.4, 0.5) is 26.3 Å². The third kappa shape index (κ3) is 6.50. The third-order valence-electron chi connectivity index (χ3n) is 4.13. The van der Waals surface area contributed by atoms with Crippen molar-refractivity contribution in [2.75, 3.05) is 7.11 Å². The highest BCUT2D eigenvalue weighted by molar-refractivity contribution is 5.85. The summed E-state index contributed by atoms with van der Waals surface area (Å²) in [5.41, 5.74) is -1.66. The van der Waals surface area contributed by atoms with E-state index in [0.29, 0.717) is 0 Å². The summed E-state index contributed by atoms with van der Waals surface area (Å²) in [5, 5.41) is 2.31. The maximum absolute atomic E-state index is 12.9. The van der Waals surface area contributed by atoms with Crippen molar-refractivity contribution in [3.63, 3.8) is 0 Å². The summed E-state index contributed by atoms with van der Waals surface area (Å²) in [6.45, 7) is 0. The first-order chi connectivity index (χ1) is 13.9. The Morgan fingerprint density at radius 2 is 1.40 bits per heavy atom. The highest BCUT2D eigenvalue weighted by Crippen LogP contribution is 2.30. The Hall–Kier alpha value is -3.04. The van der Waals surface area contributed by atoms with Crippen molar-refractivity contribution < 1.29 is 40.7 Å². The second-order valence-corrected chi connectivity index (χ2v) is 6.42. The second kappa shape index (κ2) is 9.19. The summed E-state index contributed by atoms with van der Waals surface area (Å²) in [6, 6.07) is 7.03. The van der Waals surface area contributed by atoms with Crippen molar-refractivity contribution in [2.45, 2.75) is 31.2 Å². The lowest BCUT2D eigenvalue weighted by Crippen LogP contribution is -2.43. The maximum Gasteiger partial charge on any atom is 0.416 e. The molecule has 4 nitrogen and oxygen atoms in total. The SMILES string of the molecule is COC(=O)[C@H](Cc1cccc(C(F)(F)F)c1)NC(=O)Cc1cccc(C(F)(F)F)c1. The molecule has 2 aromatic carbocycles. The van der Waals surface area contributed by atoms with Crippen LogP contribution in [0.5, 0.6) is 0 Å². The van der Waals surface area contributed by atoms with Crippen molar-refractivity contribution in [1.29, 1.82) is 0 Å². The molecule has 0 aromatic heterocycles. The molecule has 30 heavy (non-hydrogen) atoms. The van der Waals surface area contributed by atoms with Crippen LogP contribution in [0.25, 0.3) is 0 Å². The Labute approximate surface area is 167 Å². The average Bonchev–Trinajstić information content (AvgIpc) is 2.66. The van der Waals surface area contributed by atoms with E-state index in [9.17, 15) is 35.9 Å². The molecule has 1 N–H and O–H groups in total. The molecule has 2 aromatic rings. The number of hydrogen-bond acceptors (Lipinski definition) is 3. The van der Waals surface area contributed by atoms with Crippen molar-refractivity contribution >= 4 is 11.9 Å². The van der Waals surface area contributed by atoms with Crippen molar-refractivity contribution in [2.24, 2.45) is 0 Å². The minimum atomic E-state index is -4.58. The first-order valence-electron chi connectivity index (χ1n) is 8.59. The zero-order chi connectivity index (χ0) is 22.5. The van der Waals surface area contributed by atoms with Gasteiger partial charge in [0.2, 0.25) is 5.91 Å². The van der Waals surface area contributed by atoms with E-state index in [0.717, 1.165) is 43.5 Å². The minimum Gasteiger partial charge on any atom is -0.467 e. The van der Waals surface area contributed by atoms with Gasteiger partial charge in [-0.05, 0) is 23.3 Å². The van der Waals surface area contributed by atoms with E-state index in [4.69, 9.17) is 0 Å². The fourth-order valence-corrected chi connectivity index (χ4v) is 2.73. The monoisotopic (exact) mass is 433 g/mol. The summed E-state index contributed by atoms with van der Waals surface area (Å²) in [4.78, 5) is 24.2. The molecular weight excluding hydrogens is 416 g/mol. The Kier molecular flexibility index (Phi) is 7.12. The second-order valence-electron chi connectivity index (χ2n) is 6.42. The maximum atomic E-state index is 12.9. The molecule has 0 fully saturated rings. The molecule has 0 aliphatic carbocycles. The molecule has 0 saturated heterocycles. The molecule has 0 saturated carbocycles. The summed E-state index contributed by atoms with van der Waals surface area (Å²) in [6.07, 6.45) is -9.90. The number of esters is 1. The zero-order valence-corrected chi connectivity index (χ0v) is 15.6. The number of ether oxygens (including phenoxy) is 1. The Balaban J connectivity index is 2.14. The number of halogens is 6. The first-order valence-corrected chi connectivity index (χ1v) is 8.59. The molecule has 0 bridgehead atoms. The molecule has 1 amide bonds. The van der Waals surface area contributed by atoms with Crippen LogP contribution in [0.3, 0.4) is 0 Å². The molecule has 1 atom stereocenters. The average molecular weight is 433 g/mol. The van der Waals surface area contributed by atoms with Crippen LogP contribution in [-0.2, 0) is 39.5 Å². The van der Waals surface area contributed by atoms with E-state index in [1.807, 2.05) is 0 Å². The summed E-state index contributed by atoms with van der Waals surface area (Å²) in [5.74, 6) is -1.68. The molecule has 0 unspecified atom stereocenters. The predicted molar refractivity (Wildman–Crippen MR) is 94.2 cm³/mol. The topological polar surface area (TPSA) is 55.4 Å². The lowest BCUT2D eigenvalue weighted by atomic mass is 10.0. The van der Waals surface area contributed by atoms with Crippen LogP contribution in [0.15, 0.2) is 48.5 Å². The van der Waals surface area contributed by atoms with Gasteiger partial charge >= 0.3 is 18.3 Å². The lowest BCUT2D eigenvalue weighted by molar-refractivity contribution is -0.145. The van der Waals surface area contributed by atoms with Crippen molar-refractivity contribution in [3.8, 4) is 0 Å². The number of alkyl halides is 6. The van der Waals surface area contributed by atoms with Crippen LogP contribution in [0.1, 0.15) is 22.3 Å². The lowest BCUT2D eigenvalue weighted by Gasteiger charge is -2.18. The quantitative estimate of drug-likeness (QED) is 0.550. The van der Waals surface area contributed by atoms with Gasteiger partial charge in [0.15, 0.2) is 0 Å². The fraction of sp³-hybridized carbons (Fsp3) is 0.300. The highest BCUT2D eigenvalue weighted by Gasteiger charge is 2.32. The molecular formula is C20H17F6NO3. The van der Waals surface area contributed by atoms with Crippen molar-refractivity contribution in [3.05, 3.63) is 70.8 Å². The number of carbonyl (C=O) groups is 2. The van der Waals surface area contributed by atoms with Gasteiger partial charge in [0, 0.05) is 6.42 Å². The number of nitrogens with one attached hydrogen (secondary N) is 1. The van der Waals surface area contributed by atoms with Gasteiger partial charge in [-0.15, -0.1) is 0 Å². The number of rotatable bonds is 6. The van der Waals surface area contributed by atoms with E-state index in [1.54, 1.807) is 0 Å². The Morgan fingerprint density at radius 3 is 1.90 bits per heavy atom. The number of carbonyl (C=O) groups excluding carboxylic acids is 2. The largest absolute Gasteiger partial charge is 0.467 e. The number of benzene rings is 2. The molecule has 162 valence electrons. The van der Waals surface area contributed by atoms with E-state index in [-0.39, 0.29) is 17.5 Å². The standard InChI is InChI=1S/C20H17F6NO3/c1-30-18(29)16(10-12-4-2-6-14(8-12)19(21,22)23)27-17(28)11-13-5-3-7-15(9-13)20(24,25)26/h2-9,16H,10-11H2,1H3,(H,27,28)/t16-/m0/s1. The van der Waals surface area contributed by atoms with Gasteiger partial charge in [0.25, 0.3) is 0 Å². The van der Waals surface area contributed by atoms with E-state index in [2.05, 4.69) is 10.1 Å². The van der Waals surface area contributed by atoms with Gasteiger partial charge < -0.3 is 10.1 Å². The van der Waals surface area contributed by atoms with Crippen LogP contribution in [-0.4, -0.2) is 25.0 Å². The van der Waals surface area contributed by atoms with Crippen LogP contribution in [0.2, 0.25) is 0 Å². The summed E-state index contributed by atoms with van der Waals surface area (Å²) in [7, 11) is 1.04. The highest BCUT2D eigenvalue weighted by atomic mass is 19.4. The predicted octanol–water partition coefficient (Wildman–Crippen LogP) is 4.17. The normalized spacial score (nSPS) is 12.9. The number of amides is 1. The van der Waals surface area contributed by atoms with Gasteiger partial charge in [-0.1, -0.05) is 36.4 Å². The van der Waals surface area contributed by atoms with E-state index >= 15 is 0 Å². The third-order valence-corrected chi connectivity index (χ3v) is 4.13. The van der Waals surface area contributed by atoms with Gasteiger partial charge in [0.05, 0.1) is 24.7 Å². The molecule has 2 rings (SSSR count). The molecule has 0 heterocycles. The van der Waals surface area contributed by atoms with Gasteiger partial charge in [-0.25, -0.2) is 4.79 Å². The first kappa shape index (κ1) is 23.2. The Morgan fingerprint density at radius 1 is 0.900 bits per heavy atom. The molecule has 0 aliphatic heterocycles. The van der Waals surface area contributed by atoms with Gasteiger partial charge in [0.1, 0.15) is 6.04 Å². The van der Waals surface area contributed by atoms with E-state index in [1.165, 1.54) is 12.1 Å². The molecule has 10 heteroatoms.